The highest BCUT2D eigenvalue weighted by molar-refractivity contribution is 5.79. The largest absolute Gasteiger partial charge is 0.489 e. The second-order valence-electron chi connectivity index (χ2n) is 6.17. The SMILES string of the molecule is CN=C(NCc1cccc(OCc2ccccc2)c1)NCC1CC1. The van der Waals surface area contributed by atoms with E-state index in [-0.39, 0.29) is 0 Å². The molecule has 1 aliphatic rings. The minimum Gasteiger partial charge on any atom is -0.489 e. The van der Waals surface area contributed by atoms with Crippen LogP contribution in [0.4, 0.5) is 0 Å². The fourth-order valence-corrected chi connectivity index (χ4v) is 2.46. The van der Waals surface area contributed by atoms with Crippen LogP contribution in [0.25, 0.3) is 0 Å². The monoisotopic (exact) mass is 323 g/mol. The van der Waals surface area contributed by atoms with Crippen LogP contribution in [0, 0.1) is 5.92 Å². The Bertz CT molecular complexity index is 666. The van der Waals surface area contributed by atoms with Gasteiger partial charge in [-0.3, -0.25) is 4.99 Å². The summed E-state index contributed by atoms with van der Waals surface area (Å²) in [7, 11) is 1.81. The Kier molecular flexibility index (Phi) is 5.72. The molecule has 1 saturated carbocycles. The molecule has 0 heterocycles. The maximum absolute atomic E-state index is 5.88. The van der Waals surface area contributed by atoms with Gasteiger partial charge in [0.15, 0.2) is 5.96 Å². The molecule has 2 N–H and O–H groups in total. The first-order valence-electron chi connectivity index (χ1n) is 8.53. The third kappa shape index (κ3) is 5.30. The van der Waals surface area contributed by atoms with Crippen molar-refractivity contribution in [1.82, 2.24) is 10.6 Å². The van der Waals surface area contributed by atoms with Crippen LogP contribution in [-0.4, -0.2) is 19.6 Å². The van der Waals surface area contributed by atoms with Crippen LogP contribution in [-0.2, 0) is 13.2 Å². The molecule has 0 bridgehead atoms. The van der Waals surface area contributed by atoms with Gasteiger partial charge in [-0.15, -0.1) is 0 Å². The fraction of sp³-hybridized carbons (Fsp3) is 0.350. The normalized spacial score (nSPS) is 14.3. The third-order valence-corrected chi connectivity index (χ3v) is 4.09. The van der Waals surface area contributed by atoms with Crippen LogP contribution in [0.2, 0.25) is 0 Å². The molecule has 0 aliphatic heterocycles. The van der Waals surface area contributed by atoms with Crippen molar-refractivity contribution in [1.29, 1.82) is 0 Å². The van der Waals surface area contributed by atoms with E-state index >= 15 is 0 Å². The summed E-state index contributed by atoms with van der Waals surface area (Å²) in [6.45, 7) is 2.33. The van der Waals surface area contributed by atoms with Gasteiger partial charge in [-0.2, -0.15) is 0 Å². The molecule has 3 rings (SSSR count). The smallest absolute Gasteiger partial charge is 0.191 e. The predicted octanol–water partition coefficient (Wildman–Crippen LogP) is 3.34. The third-order valence-electron chi connectivity index (χ3n) is 4.09. The van der Waals surface area contributed by atoms with Crippen LogP contribution in [0.15, 0.2) is 59.6 Å². The molecule has 0 unspecified atom stereocenters. The zero-order valence-electron chi connectivity index (χ0n) is 14.2. The molecule has 1 aliphatic carbocycles. The van der Waals surface area contributed by atoms with Gasteiger partial charge in [-0.05, 0) is 42.0 Å². The van der Waals surface area contributed by atoms with Gasteiger partial charge in [-0.1, -0.05) is 42.5 Å². The highest BCUT2D eigenvalue weighted by Gasteiger charge is 2.20. The fourth-order valence-electron chi connectivity index (χ4n) is 2.46. The topological polar surface area (TPSA) is 45.7 Å². The van der Waals surface area contributed by atoms with Gasteiger partial charge >= 0.3 is 0 Å². The molecule has 0 radical (unpaired) electrons. The van der Waals surface area contributed by atoms with Gasteiger partial charge in [0.2, 0.25) is 0 Å². The van der Waals surface area contributed by atoms with Crippen LogP contribution >= 0.6 is 0 Å². The molecule has 0 atom stereocenters. The lowest BCUT2D eigenvalue weighted by atomic mass is 10.2. The van der Waals surface area contributed by atoms with Gasteiger partial charge in [0.25, 0.3) is 0 Å². The molecular formula is C20H25N3O. The molecule has 4 nitrogen and oxygen atoms in total. The maximum Gasteiger partial charge on any atom is 0.191 e. The average molecular weight is 323 g/mol. The molecule has 2 aromatic rings. The number of nitrogens with zero attached hydrogens (tertiary/aromatic N) is 1. The first-order valence-corrected chi connectivity index (χ1v) is 8.53. The Hall–Kier alpha value is -2.49. The van der Waals surface area contributed by atoms with Crippen molar-refractivity contribution in [2.24, 2.45) is 10.9 Å². The summed E-state index contributed by atoms with van der Waals surface area (Å²) < 4.78 is 5.88. The molecule has 0 saturated heterocycles. The molecule has 0 spiro atoms. The molecule has 4 heteroatoms. The lowest BCUT2D eigenvalue weighted by molar-refractivity contribution is 0.306. The van der Waals surface area contributed by atoms with Crippen molar-refractivity contribution in [3.05, 3.63) is 65.7 Å². The summed E-state index contributed by atoms with van der Waals surface area (Å²) in [6.07, 6.45) is 2.68. The quantitative estimate of drug-likeness (QED) is 0.607. The second-order valence-corrected chi connectivity index (χ2v) is 6.17. The summed E-state index contributed by atoms with van der Waals surface area (Å²) in [6, 6.07) is 18.4. The number of rotatable bonds is 7. The van der Waals surface area contributed by atoms with E-state index in [0.717, 1.165) is 30.7 Å². The van der Waals surface area contributed by atoms with E-state index in [0.29, 0.717) is 6.61 Å². The van der Waals surface area contributed by atoms with Crippen LogP contribution in [0.5, 0.6) is 5.75 Å². The minimum absolute atomic E-state index is 0.586. The lowest BCUT2D eigenvalue weighted by Gasteiger charge is -2.12. The summed E-state index contributed by atoms with van der Waals surface area (Å²) in [5.74, 6) is 2.58. The Morgan fingerprint density at radius 2 is 1.83 bits per heavy atom. The van der Waals surface area contributed by atoms with Crippen LogP contribution in [0.1, 0.15) is 24.0 Å². The van der Waals surface area contributed by atoms with Crippen molar-refractivity contribution >= 4 is 5.96 Å². The van der Waals surface area contributed by atoms with E-state index in [2.05, 4.69) is 39.9 Å². The Morgan fingerprint density at radius 3 is 2.58 bits per heavy atom. The van der Waals surface area contributed by atoms with E-state index in [1.54, 1.807) is 0 Å². The number of hydrogen-bond donors (Lipinski definition) is 2. The van der Waals surface area contributed by atoms with E-state index in [1.807, 2.05) is 37.4 Å². The molecule has 0 amide bonds. The maximum atomic E-state index is 5.88. The summed E-state index contributed by atoms with van der Waals surface area (Å²) in [5.41, 5.74) is 2.35. The zero-order valence-corrected chi connectivity index (χ0v) is 14.2. The summed E-state index contributed by atoms with van der Waals surface area (Å²) >= 11 is 0. The van der Waals surface area contributed by atoms with E-state index in [9.17, 15) is 0 Å². The predicted molar refractivity (Wildman–Crippen MR) is 98.1 cm³/mol. The standard InChI is InChI=1S/C20H25N3O/c1-21-20(22-13-16-10-11-16)23-14-18-8-5-9-19(12-18)24-15-17-6-3-2-4-7-17/h2-9,12,16H,10-11,13-15H2,1H3,(H2,21,22,23). The number of ether oxygens (including phenoxy) is 1. The van der Waals surface area contributed by atoms with Crippen LogP contribution in [0.3, 0.4) is 0 Å². The number of hydrogen-bond acceptors (Lipinski definition) is 2. The summed E-state index contributed by atoms with van der Waals surface area (Å²) in [5, 5.41) is 6.72. The lowest BCUT2D eigenvalue weighted by Crippen LogP contribution is -2.37. The molecule has 24 heavy (non-hydrogen) atoms. The highest BCUT2D eigenvalue weighted by atomic mass is 16.5. The number of benzene rings is 2. The van der Waals surface area contributed by atoms with Gasteiger partial charge < -0.3 is 15.4 Å². The second kappa shape index (κ2) is 8.39. The number of guanidine groups is 1. The molecule has 126 valence electrons. The van der Waals surface area contributed by atoms with Crippen LogP contribution < -0.4 is 15.4 Å². The van der Waals surface area contributed by atoms with E-state index < -0.39 is 0 Å². The van der Waals surface area contributed by atoms with Crippen molar-refractivity contribution in [3.63, 3.8) is 0 Å². The van der Waals surface area contributed by atoms with Gasteiger partial charge in [0, 0.05) is 20.1 Å². The Morgan fingerprint density at radius 1 is 1.04 bits per heavy atom. The Balaban J connectivity index is 1.48. The number of aliphatic imine (C=N–C) groups is 1. The first-order chi connectivity index (χ1) is 11.8. The highest BCUT2D eigenvalue weighted by Crippen LogP contribution is 2.27. The van der Waals surface area contributed by atoms with Crippen molar-refractivity contribution in [2.75, 3.05) is 13.6 Å². The van der Waals surface area contributed by atoms with E-state index in [1.165, 1.54) is 24.0 Å². The molecular weight excluding hydrogens is 298 g/mol. The molecule has 0 aromatic heterocycles. The number of nitrogens with one attached hydrogen (secondary N) is 2. The summed E-state index contributed by atoms with van der Waals surface area (Å²) in [4.78, 5) is 4.26. The minimum atomic E-state index is 0.586. The van der Waals surface area contributed by atoms with Crippen molar-refractivity contribution in [2.45, 2.75) is 26.0 Å². The molecule has 1 fully saturated rings. The van der Waals surface area contributed by atoms with Crippen molar-refractivity contribution < 1.29 is 4.74 Å². The van der Waals surface area contributed by atoms with Gasteiger partial charge in [0.1, 0.15) is 12.4 Å². The molecule has 2 aromatic carbocycles. The zero-order chi connectivity index (χ0) is 16.6. The van der Waals surface area contributed by atoms with Gasteiger partial charge in [-0.25, -0.2) is 0 Å². The van der Waals surface area contributed by atoms with E-state index in [4.69, 9.17) is 4.74 Å². The van der Waals surface area contributed by atoms with Gasteiger partial charge in [0.05, 0.1) is 0 Å². The Labute approximate surface area is 144 Å². The first kappa shape index (κ1) is 16.4. The van der Waals surface area contributed by atoms with Crippen molar-refractivity contribution in [3.8, 4) is 5.75 Å². The average Bonchev–Trinajstić information content (AvgIpc) is 3.46.